The van der Waals surface area contributed by atoms with Gasteiger partial charge in [-0.25, -0.2) is 4.79 Å². The average molecular weight is 219 g/mol. The summed E-state index contributed by atoms with van der Waals surface area (Å²) >= 11 is 0. The zero-order chi connectivity index (χ0) is 11.8. The van der Waals surface area contributed by atoms with E-state index in [1.807, 2.05) is 6.07 Å². The van der Waals surface area contributed by atoms with Crippen molar-refractivity contribution in [2.75, 3.05) is 6.61 Å². The standard InChI is InChI=1S/C12H13NO3/c1-2-15-12(14)10(5-3-7-13)9-11-6-4-8-16-11/h4,6,8-9H,2-3,5H2,1H3/b10-9+. The molecule has 0 aliphatic rings. The summed E-state index contributed by atoms with van der Waals surface area (Å²) in [7, 11) is 0. The molecule has 84 valence electrons. The Bertz CT molecular complexity index is 398. The Labute approximate surface area is 94.1 Å². The molecule has 1 aromatic rings. The highest BCUT2D eigenvalue weighted by molar-refractivity contribution is 5.93. The van der Waals surface area contributed by atoms with Gasteiger partial charge in [-0.3, -0.25) is 0 Å². The Morgan fingerprint density at radius 1 is 1.69 bits per heavy atom. The fourth-order valence-electron chi connectivity index (χ4n) is 1.19. The number of carbonyl (C=O) groups excluding carboxylic acids is 1. The van der Waals surface area contributed by atoms with E-state index in [9.17, 15) is 4.79 Å². The first-order valence-corrected chi connectivity index (χ1v) is 5.06. The summed E-state index contributed by atoms with van der Waals surface area (Å²) in [5.41, 5.74) is 0.457. The highest BCUT2D eigenvalue weighted by Gasteiger charge is 2.10. The normalized spacial score (nSPS) is 10.9. The van der Waals surface area contributed by atoms with Crippen molar-refractivity contribution < 1.29 is 13.9 Å². The highest BCUT2D eigenvalue weighted by Crippen LogP contribution is 2.13. The van der Waals surface area contributed by atoms with E-state index < -0.39 is 5.97 Å². The molecular weight excluding hydrogens is 206 g/mol. The van der Waals surface area contributed by atoms with E-state index in [1.165, 1.54) is 6.26 Å². The van der Waals surface area contributed by atoms with Gasteiger partial charge in [0.25, 0.3) is 0 Å². The second-order valence-corrected chi connectivity index (χ2v) is 3.06. The molecule has 4 nitrogen and oxygen atoms in total. The van der Waals surface area contributed by atoms with Crippen LogP contribution in [-0.4, -0.2) is 12.6 Å². The Hall–Kier alpha value is -2.02. The predicted octanol–water partition coefficient (Wildman–Crippen LogP) is 2.53. The summed E-state index contributed by atoms with van der Waals surface area (Å²) in [6.07, 6.45) is 3.79. The molecule has 0 fully saturated rings. The molecule has 0 aromatic carbocycles. The first kappa shape index (κ1) is 12.1. The van der Waals surface area contributed by atoms with Gasteiger partial charge >= 0.3 is 5.97 Å². The molecule has 1 aromatic heterocycles. The topological polar surface area (TPSA) is 63.2 Å². The molecule has 0 amide bonds. The molecular formula is C12H13NO3. The molecule has 1 rings (SSSR count). The van der Waals surface area contributed by atoms with Crippen molar-refractivity contribution >= 4 is 12.0 Å². The molecule has 0 unspecified atom stereocenters. The van der Waals surface area contributed by atoms with Crippen LogP contribution in [0.5, 0.6) is 0 Å². The van der Waals surface area contributed by atoms with E-state index in [4.69, 9.17) is 14.4 Å². The Morgan fingerprint density at radius 3 is 3.06 bits per heavy atom. The molecule has 0 radical (unpaired) electrons. The van der Waals surface area contributed by atoms with Gasteiger partial charge in [0.05, 0.1) is 18.9 Å². The van der Waals surface area contributed by atoms with Crippen molar-refractivity contribution in [2.45, 2.75) is 19.8 Å². The lowest BCUT2D eigenvalue weighted by Gasteiger charge is -2.03. The lowest BCUT2D eigenvalue weighted by atomic mass is 10.1. The molecule has 0 aliphatic heterocycles. The summed E-state index contributed by atoms with van der Waals surface area (Å²) in [4.78, 5) is 11.5. The van der Waals surface area contributed by atoms with E-state index in [1.54, 1.807) is 25.1 Å². The largest absolute Gasteiger partial charge is 0.465 e. The molecule has 1 heterocycles. The van der Waals surface area contributed by atoms with Gasteiger partial charge in [-0.1, -0.05) is 0 Å². The number of esters is 1. The monoisotopic (exact) mass is 219 g/mol. The van der Waals surface area contributed by atoms with Crippen molar-refractivity contribution in [1.82, 2.24) is 0 Å². The van der Waals surface area contributed by atoms with Crippen LogP contribution in [0.4, 0.5) is 0 Å². The summed E-state index contributed by atoms with van der Waals surface area (Å²) in [5.74, 6) is 0.190. The van der Waals surface area contributed by atoms with E-state index >= 15 is 0 Å². The van der Waals surface area contributed by atoms with Crippen LogP contribution in [0.15, 0.2) is 28.4 Å². The van der Waals surface area contributed by atoms with Crippen molar-refractivity contribution in [2.24, 2.45) is 0 Å². The predicted molar refractivity (Wildman–Crippen MR) is 58.2 cm³/mol. The smallest absolute Gasteiger partial charge is 0.334 e. The van der Waals surface area contributed by atoms with Crippen LogP contribution in [0.1, 0.15) is 25.5 Å². The summed E-state index contributed by atoms with van der Waals surface area (Å²) in [5, 5.41) is 8.50. The fourth-order valence-corrected chi connectivity index (χ4v) is 1.19. The van der Waals surface area contributed by atoms with Crippen molar-refractivity contribution in [3.63, 3.8) is 0 Å². The van der Waals surface area contributed by atoms with Gasteiger partial charge in [0.15, 0.2) is 0 Å². The third kappa shape index (κ3) is 3.62. The van der Waals surface area contributed by atoms with Crippen molar-refractivity contribution in [1.29, 1.82) is 5.26 Å². The van der Waals surface area contributed by atoms with Crippen LogP contribution >= 0.6 is 0 Å². The molecule has 4 heteroatoms. The van der Waals surface area contributed by atoms with Crippen LogP contribution in [0.25, 0.3) is 6.08 Å². The number of furan rings is 1. The Morgan fingerprint density at radius 2 is 2.50 bits per heavy atom. The van der Waals surface area contributed by atoms with Gasteiger partial charge < -0.3 is 9.15 Å². The Balaban J connectivity index is 2.78. The SMILES string of the molecule is CCOC(=O)/C(=C/c1ccco1)CCC#N. The first-order chi connectivity index (χ1) is 7.77. The average Bonchev–Trinajstić information content (AvgIpc) is 2.77. The second-order valence-electron chi connectivity index (χ2n) is 3.06. The molecule has 0 bridgehead atoms. The van der Waals surface area contributed by atoms with Gasteiger partial charge in [0.1, 0.15) is 5.76 Å². The lowest BCUT2D eigenvalue weighted by molar-refractivity contribution is -0.138. The number of nitrogens with zero attached hydrogens (tertiary/aromatic N) is 1. The molecule has 0 saturated heterocycles. The molecule has 0 atom stereocenters. The lowest BCUT2D eigenvalue weighted by Crippen LogP contribution is -2.07. The quantitative estimate of drug-likeness (QED) is 0.564. The number of hydrogen-bond acceptors (Lipinski definition) is 4. The van der Waals surface area contributed by atoms with E-state index in [0.29, 0.717) is 24.4 Å². The zero-order valence-corrected chi connectivity index (χ0v) is 9.10. The fraction of sp³-hybridized carbons (Fsp3) is 0.333. The van der Waals surface area contributed by atoms with Gasteiger partial charge in [-0.2, -0.15) is 5.26 Å². The van der Waals surface area contributed by atoms with Crippen LogP contribution in [0, 0.1) is 11.3 Å². The van der Waals surface area contributed by atoms with Gasteiger partial charge in [-0.05, 0) is 31.6 Å². The number of hydrogen-bond donors (Lipinski definition) is 0. The maximum atomic E-state index is 11.5. The summed E-state index contributed by atoms with van der Waals surface area (Å²) < 4.78 is 10.00. The van der Waals surface area contributed by atoms with E-state index in [-0.39, 0.29) is 6.42 Å². The molecule has 0 N–H and O–H groups in total. The minimum Gasteiger partial charge on any atom is -0.465 e. The second kappa shape index (κ2) is 6.46. The highest BCUT2D eigenvalue weighted by atomic mass is 16.5. The minimum atomic E-state index is -0.394. The van der Waals surface area contributed by atoms with Crippen LogP contribution in [0.3, 0.4) is 0 Å². The number of ether oxygens (including phenoxy) is 1. The third-order valence-electron chi connectivity index (χ3n) is 1.90. The maximum absolute atomic E-state index is 11.5. The third-order valence-corrected chi connectivity index (χ3v) is 1.90. The first-order valence-electron chi connectivity index (χ1n) is 5.06. The number of rotatable bonds is 5. The Kier molecular flexibility index (Phi) is 4.87. The number of carbonyl (C=O) groups is 1. The molecule has 0 spiro atoms. The van der Waals surface area contributed by atoms with Gasteiger partial charge in [-0.15, -0.1) is 0 Å². The molecule has 0 aliphatic carbocycles. The van der Waals surface area contributed by atoms with Crippen molar-refractivity contribution in [3.8, 4) is 6.07 Å². The van der Waals surface area contributed by atoms with Crippen LogP contribution in [0.2, 0.25) is 0 Å². The van der Waals surface area contributed by atoms with Gasteiger partial charge in [0, 0.05) is 12.0 Å². The van der Waals surface area contributed by atoms with E-state index in [0.717, 1.165) is 0 Å². The van der Waals surface area contributed by atoms with Gasteiger partial charge in [0.2, 0.25) is 0 Å². The number of nitriles is 1. The van der Waals surface area contributed by atoms with Crippen LogP contribution < -0.4 is 0 Å². The maximum Gasteiger partial charge on any atom is 0.334 e. The summed E-state index contributed by atoms with van der Waals surface area (Å²) in [6.45, 7) is 2.06. The minimum absolute atomic E-state index is 0.283. The zero-order valence-electron chi connectivity index (χ0n) is 9.10. The summed E-state index contributed by atoms with van der Waals surface area (Å²) in [6, 6.07) is 5.47. The molecule has 16 heavy (non-hydrogen) atoms. The van der Waals surface area contributed by atoms with Crippen LogP contribution in [-0.2, 0) is 9.53 Å². The van der Waals surface area contributed by atoms with E-state index in [2.05, 4.69) is 0 Å². The molecule has 0 saturated carbocycles. The van der Waals surface area contributed by atoms with Crippen molar-refractivity contribution in [3.05, 3.63) is 29.7 Å².